The van der Waals surface area contributed by atoms with Crippen LogP contribution < -0.4 is 0 Å². The van der Waals surface area contributed by atoms with Gasteiger partial charge >= 0.3 is 19.8 Å². The van der Waals surface area contributed by atoms with Crippen LogP contribution in [0.2, 0.25) is 0 Å². The van der Waals surface area contributed by atoms with Gasteiger partial charge in [0.25, 0.3) is 0 Å². The zero-order valence-electron chi connectivity index (χ0n) is 33.4. The molecule has 0 fully saturated rings. The summed E-state index contributed by atoms with van der Waals surface area (Å²) in [7, 11) is -4.83. The minimum Gasteiger partial charge on any atom is -0.462 e. The van der Waals surface area contributed by atoms with Gasteiger partial charge in [-0.05, 0) is 83.5 Å². The molecule has 3 N–H and O–H groups in total. The maximum atomic E-state index is 12.4. The van der Waals surface area contributed by atoms with Crippen molar-refractivity contribution in [2.75, 3.05) is 13.2 Å². The Balaban J connectivity index is 4.26. The van der Waals surface area contributed by atoms with Crippen LogP contribution in [0.3, 0.4) is 0 Å². The van der Waals surface area contributed by atoms with E-state index in [0.717, 1.165) is 83.5 Å². The molecule has 0 aliphatic heterocycles. The highest BCUT2D eigenvalue weighted by Gasteiger charge is 2.23. The molecule has 0 aliphatic rings. The molecule has 0 aliphatic carbocycles. The van der Waals surface area contributed by atoms with Gasteiger partial charge in [-0.2, -0.15) is 0 Å². The molecule has 0 radical (unpaired) electrons. The van der Waals surface area contributed by atoms with E-state index < -0.39 is 45.2 Å². The molecule has 0 amide bonds. The van der Waals surface area contributed by atoms with E-state index in [1.54, 1.807) is 12.2 Å². The molecule has 10 heteroatoms. The highest BCUT2D eigenvalue weighted by atomic mass is 31.2. The highest BCUT2D eigenvalue weighted by Crippen LogP contribution is 2.36. The molecule has 0 rings (SSSR count). The number of hydrogen-bond acceptors (Lipinski definition) is 7. The molecule has 9 nitrogen and oxygen atoms in total. The largest absolute Gasteiger partial charge is 0.469 e. The Morgan fingerprint density at radius 3 is 1.55 bits per heavy atom. The predicted molar refractivity (Wildman–Crippen MR) is 226 cm³/mol. The zero-order chi connectivity index (χ0) is 40.5. The number of hydrogen-bond donors (Lipinski definition) is 3. The Labute approximate surface area is 331 Å². The molecule has 0 saturated heterocycles. The molecule has 1 unspecified atom stereocenters. The third-order valence-electron chi connectivity index (χ3n) is 7.59. The second-order valence-corrected chi connectivity index (χ2v) is 13.9. The smallest absolute Gasteiger partial charge is 0.462 e. The van der Waals surface area contributed by atoms with E-state index in [2.05, 4.69) is 116 Å². The molecule has 0 aromatic rings. The summed E-state index contributed by atoms with van der Waals surface area (Å²) in [6.07, 6.45) is 52.5. The first-order valence-corrected chi connectivity index (χ1v) is 21.5. The third kappa shape index (κ3) is 41.4. The number of carbonyl (C=O) groups is 2. The Morgan fingerprint density at radius 2 is 1.04 bits per heavy atom. The van der Waals surface area contributed by atoms with Crippen molar-refractivity contribution in [3.8, 4) is 0 Å². The number of esters is 2. The van der Waals surface area contributed by atoms with Crippen molar-refractivity contribution in [1.29, 1.82) is 0 Å². The highest BCUT2D eigenvalue weighted by molar-refractivity contribution is 7.46. The fourth-order valence-corrected chi connectivity index (χ4v) is 5.01. The molecule has 308 valence electrons. The van der Waals surface area contributed by atoms with Gasteiger partial charge in [-0.15, -0.1) is 0 Å². The lowest BCUT2D eigenvalue weighted by Gasteiger charge is -2.18. The maximum absolute atomic E-state index is 12.4. The van der Waals surface area contributed by atoms with Gasteiger partial charge in [0.2, 0.25) is 0 Å². The van der Waals surface area contributed by atoms with Gasteiger partial charge in [0.15, 0.2) is 6.10 Å². The number of carbonyl (C=O) groups excluding carboxylic acids is 2. The molecule has 0 saturated carbocycles. The molecule has 2 atom stereocenters. The molecule has 0 heterocycles. The lowest BCUT2D eigenvalue weighted by Crippen LogP contribution is -2.29. The minimum absolute atomic E-state index is 0.0991. The van der Waals surface area contributed by atoms with Gasteiger partial charge in [0.1, 0.15) is 6.61 Å². The van der Waals surface area contributed by atoms with Crippen molar-refractivity contribution >= 4 is 19.8 Å². The lowest BCUT2D eigenvalue weighted by atomic mass is 10.1. The molecule has 0 spiro atoms. The number of allylic oxidation sites excluding steroid dienone is 19. The Morgan fingerprint density at radius 1 is 0.564 bits per heavy atom. The molecule has 0 aromatic carbocycles. The zero-order valence-corrected chi connectivity index (χ0v) is 34.3. The summed E-state index contributed by atoms with van der Waals surface area (Å²) >= 11 is 0. The predicted octanol–water partition coefficient (Wildman–Crippen LogP) is 11.1. The van der Waals surface area contributed by atoms with Crippen LogP contribution in [0.1, 0.15) is 123 Å². The number of rotatable bonds is 34. The third-order valence-corrected chi connectivity index (χ3v) is 8.08. The van der Waals surface area contributed by atoms with Crippen molar-refractivity contribution in [3.05, 3.63) is 122 Å². The van der Waals surface area contributed by atoms with Crippen molar-refractivity contribution < 1.29 is 43.0 Å². The van der Waals surface area contributed by atoms with Crippen molar-refractivity contribution in [2.45, 2.75) is 135 Å². The van der Waals surface area contributed by atoms with Gasteiger partial charge < -0.3 is 24.4 Å². The molecule has 0 aromatic heterocycles. The number of unbranched alkanes of at least 4 members (excludes halogenated alkanes) is 4. The normalized spacial score (nSPS) is 14.3. The summed E-state index contributed by atoms with van der Waals surface area (Å²) in [6, 6.07) is 0. The quantitative estimate of drug-likeness (QED) is 0.0191. The summed E-state index contributed by atoms with van der Waals surface area (Å²) in [5.74, 6) is -1.21. The number of aliphatic hydroxyl groups excluding tert-OH is 1. The van der Waals surface area contributed by atoms with E-state index in [-0.39, 0.29) is 19.3 Å². The fourth-order valence-electron chi connectivity index (χ4n) is 4.65. The summed E-state index contributed by atoms with van der Waals surface area (Å²) in [5.41, 5.74) is 0. The van der Waals surface area contributed by atoms with E-state index in [4.69, 9.17) is 19.3 Å². The summed E-state index contributed by atoms with van der Waals surface area (Å²) in [4.78, 5) is 42.8. The van der Waals surface area contributed by atoms with Crippen LogP contribution in [0.4, 0.5) is 0 Å². The molecule has 0 bridgehead atoms. The number of phosphoric ester groups is 1. The standard InChI is InChI=1S/C45H69O9P/c1-3-5-7-9-11-13-15-17-19-21-23-25-27-29-31-33-35-37-45(48)54-43(41-53-55(49,50)51)40-52-44(47)39-38-42(46)36-34-32-30-28-26-24-22-20-18-16-14-12-10-8-6-4-2/h5-8,11-14,17-20,23-26,30,32,34,36,42-43,46H,3-4,9-10,15-16,21-22,27-29,31,33,35,37-41H2,1-2H3,(H2,49,50,51)/b7-5-,8-6-,13-11-,14-12-,19-17-,20-18-,25-23-,26-24-,32-30-,36-34-/t42?,43-/m1/s1. The average molecular weight is 785 g/mol. The lowest BCUT2D eigenvalue weighted by molar-refractivity contribution is -0.161. The molecular formula is C45H69O9P. The van der Waals surface area contributed by atoms with Crippen LogP contribution >= 0.6 is 7.82 Å². The van der Waals surface area contributed by atoms with E-state index in [0.29, 0.717) is 6.42 Å². The Kier molecular flexibility index (Phi) is 36.2. The van der Waals surface area contributed by atoms with Crippen LogP contribution in [-0.2, 0) is 28.2 Å². The van der Waals surface area contributed by atoms with Gasteiger partial charge in [-0.25, -0.2) is 4.57 Å². The van der Waals surface area contributed by atoms with Crippen LogP contribution in [0.15, 0.2) is 122 Å². The minimum atomic E-state index is -4.83. The maximum Gasteiger partial charge on any atom is 0.469 e. The van der Waals surface area contributed by atoms with Crippen molar-refractivity contribution in [3.63, 3.8) is 0 Å². The first kappa shape index (κ1) is 51.4. The van der Waals surface area contributed by atoms with Gasteiger partial charge in [-0.3, -0.25) is 14.1 Å². The summed E-state index contributed by atoms with van der Waals surface area (Å²) in [5, 5.41) is 10.2. The van der Waals surface area contributed by atoms with Crippen LogP contribution in [0.25, 0.3) is 0 Å². The summed E-state index contributed by atoms with van der Waals surface area (Å²) < 4.78 is 26.2. The van der Waals surface area contributed by atoms with Crippen LogP contribution in [0, 0.1) is 0 Å². The SMILES string of the molecule is CC/C=C\C/C=C\C/C=C\C/C=C\C/C=C\C=C/C(O)CCC(=O)OC[C@H](COP(=O)(O)O)OC(=O)CCCCCC/C=C\C/C=C\C/C=C\C/C=C\CC. The van der Waals surface area contributed by atoms with Gasteiger partial charge in [0.05, 0.1) is 12.7 Å². The van der Waals surface area contributed by atoms with Crippen LogP contribution in [-0.4, -0.2) is 52.3 Å². The summed E-state index contributed by atoms with van der Waals surface area (Å²) in [6.45, 7) is 3.20. The van der Waals surface area contributed by atoms with E-state index in [1.807, 2.05) is 12.2 Å². The Hall–Kier alpha value is -3.59. The number of aliphatic hydroxyl groups is 1. The molecule has 55 heavy (non-hydrogen) atoms. The number of ether oxygens (including phenoxy) is 2. The first-order valence-electron chi connectivity index (χ1n) is 19.9. The van der Waals surface area contributed by atoms with Crippen molar-refractivity contribution in [1.82, 2.24) is 0 Å². The van der Waals surface area contributed by atoms with E-state index >= 15 is 0 Å². The monoisotopic (exact) mass is 784 g/mol. The van der Waals surface area contributed by atoms with Gasteiger partial charge in [0, 0.05) is 12.8 Å². The molecular weight excluding hydrogens is 715 g/mol. The second kappa shape index (κ2) is 38.7. The first-order chi connectivity index (χ1) is 26.7. The average Bonchev–Trinajstić information content (AvgIpc) is 3.15. The van der Waals surface area contributed by atoms with Gasteiger partial charge in [-0.1, -0.05) is 148 Å². The number of phosphoric acid groups is 1. The van der Waals surface area contributed by atoms with Crippen molar-refractivity contribution in [2.24, 2.45) is 0 Å². The topological polar surface area (TPSA) is 140 Å². The second-order valence-electron chi connectivity index (χ2n) is 12.7. The Bertz CT molecular complexity index is 1310. The van der Waals surface area contributed by atoms with E-state index in [1.165, 1.54) is 0 Å². The van der Waals surface area contributed by atoms with Crippen LogP contribution in [0.5, 0.6) is 0 Å². The fraction of sp³-hybridized carbons (Fsp3) is 0.511. The van der Waals surface area contributed by atoms with E-state index in [9.17, 15) is 19.3 Å².